The maximum absolute atomic E-state index is 14.5. The first kappa shape index (κ1) is 36.7. The van der Waals surface area contributed by atoms with Crippen LogP contribution in [0.15, 0.2) is 36.4 Å². The molecule has 51 heavy (non-hydrogen) atoms. The van der Waals surface area contributed by atoms with Crippen LogP contribution in [-0.4, -0.2) is 101 Å². The predicted octanol–water partition coefficient (Wildman–Crippen LogP) is 3.23. The van der Waals surface area contributed by atoms with Gasteiger partial charge in [0.05, 0.1) is 15.5 Å². The number of nitrogens with zero attached hydrogens (tertiary/aromatic N) is 3. The number of carbonyl (C=O) groups is 5. The van der Waals surface area contributed by atoms with Crippen LogP contribution in [-0.2, 0) is 29.1 Å². The van der Waals surface area contributed by atoms with Crippen LogP contribution in [0.5, 0.6) is 0 Å². The minimum atomic E-state index is -3.90. The van der Waals surface area contributed by atoms with Crippen LogP contribution >= 0.6 is 11.3 Å². The Morgan fingerprint density at radius 1 is 1.02 bits per heavy atom. The highest BCUT2D eigenvalue weighted by molar-refractivity contribution is 7.91. The van der Waals surface area contributed by atoms with Crippen LogP contribution in [0.4, 0.5) is 4.79 Å². The predicted molar refractivity (Wildman–Crippen MR) is 190 cm³/mol. The summed E-state index contributed by atoms with van der Waals surface area (Å²) in [6, 6.07) is 4.56. The average Bonchev–Trinajstić information content (AvgIpc) is 3.96. The number of hydrogen-bond donors (Lipinski definition) is 3. The van der Waals surface area contributed by atoms with Crippen LogP contribution in [0, 0.1) is 5.92 Å². The van der Waals surface area contributed by atoms with Gasteiger partial charge in [-0.15, -0.1) is 11.3 Å². The van der Waals surface area contributed by atoms with E-state index in [9.17, 15) is 32.4 Å². The van der Waals surface area contributed by atoms with E-state index in [4.69, 9.17) is 4.74 Å². The Labute approximate surface area is 301 Å². The van der Waals surface area contributed by atoms with Gasteiger partial charge in [0.1, 0.15) is 23.2 Å². The van der Waals surface area contributed by atoms with Crippen molar-refractivity contribution in [3.8, 4) is 0 Å². The Morgan fingerprint density at radius 3 is 2.47 bits per heavy atom. The minimum Gasteiger partial charge on any atom is -0.444 e. The maximum atomic E-state index is 14.5. The van der Waals surface area contributed by atoms with Crippen molar-refractivity contribution in [1.29, 1.82) is 0 Å². The van der Waals surface area contributed by atoms with Gasteiger partial charge in [-0.25, -0.2) is 18.2 Å². The molecule has 0 spiro atoms. The fourth-order valence-corrected chi connectivity index (χ4v) is 9.22. The number of benzene rings is 1. The number of sulfonamides is 1. The van der Waals surface area contributed by atoms with Crippen molar-refractivity contribution in [2.24, 2.45) is 5.92 Å². The molecule has 4 aliphatic rings. The molecular formula is C35H46N6O8S2. The van der Waals surface area contributed by atoms with Gasteiger partial charge in [-0.2, -0.15) is 0 Å². The van der Waals surface area contributed by atoms with Crippen molar-refractivity contribution in [3.63, 3.8) is 0 Å². The zero-order valence-electron chi connectivity index (χ0n) is 29.3. The molecule has 1 saturated heterocycles. The highest BCUT2D eigenvalue weighted by Gasteiger charge is 2.65. The molecule has 3 heterocycles. The summed E-state index contributed by atoms with van der Waals surface area (Å²) in [4.78, 5) is 76.2. The maximum Gasteiger partial charge on any atom is 0.408 e. The molecule has 14 nitrogen and oxygen atoms in total. The van der Waals surface area contributed by atoms with E-state index in [-0.39, 0.29) is 24.4 Å². The van der Waals surface area contributed by atoms with Gasteiger partial charge in [-0.1, -0.05) is 37.1 Å². The van der Waals surface area contributed by atoms with E-state index < -0.39 is 80.2 Å². The molecule has 1 aromatic carbocycles. The molecular weight excluding hydrogens is 697 g/mol. The van der Waals surface area contributed by atoms with Crippen LogP contribution in [0.1, 0.15) is 88.4 Å². The third kappa shape index (κ3) is 8.06. The molecule has 2 saturated carbocycles. The lowest BCUT2D eigenvalue weighted by atomic mass is 10.0. The number of para-hydroxylation sites is 1. The van der Waals surface area contributed by atoms with E-state index in [1.807, 2.05) is 36.4 Å². The molecule has 0 radical (unpaired) electrons. The molecule has 0 bridgehead atoms. The molecule has 276 valence electrons. The molecule has 5 atom stereocenters. The summed E-state index contributed by atoms with van der Waals surface area (Å²) in [6.07, 6.45) is 7.38. The molecule has 16 heteroatoms. The van der Waals surface area contributed by atoms with Crippen LogP contribution in [0.25, 0.3) is 10.2 Å². The average molecular weight is 743 g/mol. The first-order valence-electron chi connectivity index (χ1n) is 17.6. The number of thiazole rings is 1. The van der Waals surface area contributed by atoms with E-state index in [1.54, 1.807) is 20.8 Å². The molecule has 0 unspecified atom stereocenters. The largest absolute Gasteiger partial charge is 0.444 e. The number of amides is 5. The lowest BCUT2D eigenvalue weighted by molar-refractivity contribution is -0.148. The fraction of sp³-hybridized carbons (Fsp3) is 0.600. The molecule has 2 aromatic rings. The SMILES string of the molecule is CN1C(=O)[C@@H]2C[C@@H](NC(=O)c3nc4ccccc4s3)CN2C(=O)[C@@H](NC(=O)OC(C)(C)C)CCCCC/C=C\[C@H]2C[C@]21C(=O)NS(=O)(=O)C1CC1. The number of aromatic nitrogens is 1. The van der Waals surface area contributed by atoms with Crippen LogP contribution in [0.3, 0.4) is 0 Å². The molecule has 3 fully saturated rings. The molecule has 6 rings (SSSR count). The van der Waals surface area contributed by atoms with Gasteiger partial charge in [0.15, 0.2) is 5.01 Å². The summed E-state index contributed by atoms with van der Waals surface area (Å²) in [7, 11) is -2.44. The zero-order valence-corrected chi connectivity index (χ0v) is 31.0. The summed E-state index contributed by atoms with van der Waals surface area (Å²) < 4.78 is 34.3. The van der Waals surface area contributed by atoms with Gasteiger partial charge < -0.3 is 25.2 Å². The standard InChI is InChI=1S/C35H46N6O8S2/c1-34(2,3)49-33(46)38-25-14-9-7-5-6-8-12-21-19-35(21,32(45)39-51(47,48)23-16-17-23)40(4)31(44)26-18-22(20-41(26)30(25)43)36-28(42)29-37-24-13-10-11-15-27(24)50-29/h8,10-13,15,21-23,25-26H,5-7,9,14,16-20H2,1-4H3,(H,36,42)(H,38,46)(H,39,45)/b12-8-/t21-,22+,25-,26-,35+/m0/s1. The van der Waals surface area contributed by atoms with E-state index >= 15 is 0 Å². The second-order valence-electron chi connectivity index (χ2n) is 15.0. The summed E-state index contributed by atoms with van der Waals surface area (Å²) >= 11 is 1.23. The summed E-state index contributed by atoms with van der Waals surface area (Å²) in [6.45, 7) is 5.12. The third-order valence-electron chi connectivity index (χ3n) is 9.92. The van der Waals surface area contributed by atoms with Gasteiger partial charge in [0, 0.05) is 25.6 Å². The molecule has 2 aliphatic heterocycles. The van der Waals surface area contributed by atoms with Crippen molar-refractivity contribution >= 4 is 61.3 Å². The summed E-state index contributed by atoms with van der Waals surface area (Å²) in [5.41, 5.74) is -1.61. The van der Waals surface area contributed by atoms with Crippen molar-refractivity contribution in [1.82, 2.24) is 30.1 Å². The Morgan fingerprint density at radius 2 is 1.76 bits per heavy atom. The Kier molecular flexibility index (Phi) is 10.2. The topological polar surface area (TPSA) is 184 Å². The van der Waals surface area contributed by atoms with Gasteiger partial charge in [0.25, 0.3) is 11.8 Å². The monoisotopic (exact) mass is 742 g/mol. The van der Waals surface area contributed by atoms with Crippen LogP contribution in [0.2, 0.25) is 0 Å². The Bertz CT molecular complexity index is 1820. The van der Waals surface area contributed by atoms with E-state index in [0.29, 0.717) is 37.6 Å². The fourth-order valence-electron chi connectivity index (χ4n) is 6.99. The second-order valence-corrected chi connectivity index (χ2v) is 18.0. The number of carbonyl (C=O) groups excluding carboxylic acids is 5. The third-order valence-corrected chi connectivity index (χ3v) is 12.8. The quantitative estimate of drug-likeness (QED) is 0.374. The summed E-state index contributed by atoms with van der Waals surface area (Å²) in [5, 5.41) is 5.27. The first-order valence-corrected chi connectivity index (χ1v) is 19.9. The number of rotatable bonds is 6. The van der Waals surface area contributed by atoms with Crippen LogP contribution < -0.4 is 15.4 Å². The highest BCUT2D eigenvalue weighted by Crippen LogP contribution is 2.50. The van der Waals surface area contributed by atoms with Crippen molar-refractivity contribution in [2.75, 3.05) is 13.6 Å². The zero-order chi connectivity index (χ0) is 36.7. The number of nitrogens with one attached hydrogen (secondary N) is 3. The molecule has 1 aromatic heterocycles. The summed E-state index contributed by atoms with van der Waals surface area (Å²) in [5.74, 6) is -2.73. The Hall–Kier alpha value is -4.05. The Balaban J connectivity index is 1.30. The van der Waals surface area contributed by atoms with Gasteiger partial charge >= 0.3 is 6.09 Å². The smallest absolute Gasteiger partial charge is 0.408 e. The number of ether oxygens (including phenoxy) is 1. The van der Waals surface area contributed by atoms with E-state index in [2.05, 4.69) is 20.3 Å². The molecule has 2 aliphatic carbocycles. The minimum absolute atomic E-state index is 0.0310. The molecule has 3 N–H and O–H groups in total. The van der Waals surface area contributed by atoms with Gasteiger partial charge in [0.2, 0.25) is 21.8 Å². The van der Waals surface area contributed by atoms with E-state index in [0.717, 1.165) is 17.5 Å². The number of fused-ring (bicyclic) bond motifs is 3. The van der Waals surface area contributed by atoms with Crippen molar-refractivity contribution in [2.45, 2.75) is 113 Å². The normalized spacial score (nSPS) is 28.2. The van der Waals surface area contributed by atoms with Crippen molar-refractivity contribution < 1.29 is 37.1 Å². The number of allylic oxidation sites excluding steroid dienone is 1. The van der Waals surface area contributed by atoms with Gasteiger partial charge in [-0.05, 0) is 77.8 Å². The first-order chi connectivity index (χ1) is 24.1. The van der Waals surface area contributed by atoms with E-state index in [1.165, 1.54) is 28.2 Å². The second kappa shape index (κ2) is 14.2. The number of alkyl carbamates (subject to hydrolysis) is 1. The number of likely N-dealkylation sites (N-methyl/N-ethyl adjacent to an activating group) is 1. The lowest BCUT2D eigenvalue weighted by Gasteiger charge is -2.34. The molecule has 5 amide bonds. The number of hydrogen-bond acceptors (Lipinski definition) is 10. The lowest BCUT2D eigenvalue weighted by Crippen LogP contribution is -2.58. The highest BCUT2D eigenvalue weighted by atomic mass is 32.2. The van der Waals surface area contributed by atoms with Crippen molar-refractivity contribution in [3.05, 3.63) is 41.4 Å². The van der Waals surface area contributed by atoms with Gasteiger partial charge in [-0.3, -0.25) is 23.9 Å².